The molecule has 0 aromatic carbocycles. The fourth-order valence-electron chi connectivity index (χ4n) is 3.31. The number of hydrogen-bond donors (Lipinski definition) is 2. The number of hydrogen-bond acceptors (Lipinski definition) is 6. The van der Waals surface area contributed by atoms with E-state index < -0.39 is 22.2 Å². The van der Waals surface area contributed by atoms with Crippen molar-refractivity contribution in [2.45, 2.75) is 25.2 Å². The van der Waals surface area contributed by atoms with Crippen LogP contribution in [0.4, 0.5) is 13.2 Å². The minimum absolute atomic E-state index is 0.0240. The summed E-state index contributed by atoms with van der Waals surface area (Å²) < 4.78 is 68.0. The Morgan fingerprint density at radius 3 is 2.64 bits per heavy atom. The Labute approximate surface area is 160 Å². The maximum absolute atomic E-state index is 11.2. The molecule has 2 N–H and O–H groups in total. The van der Waals surface area contributed by atoms with E-state index in [2.05, 4.69) is 9.62 Å². The highest BCUT2D eigenvalue weighted by Gasteiger charge is 2.41. The Bertz CT molecular complexity index is 738. The Morgan fingerprint density at radius 1 is 1.43 bits per heavy atom. The molecule has 0 amide bonds. The summed E-state index contributed by atoms with van der Waals surface area (Å²) in [6.07, 6.45) is -1.13. The van der Waals surface area contributed by atoms with E-state index in [9.17, 15) is 21.6 Å². The zero-order valence-electron chi connectivity index (χ0n) is 15.2. The number of nitrogens with zero attached hydrogens (tertiary/aromatic N) is 1. The average Bonchev–Trinajstić information content (AvgIpc) is 3.21. The number of aliphatic carboxylic acids is 1. The number of rotatable bonds is 5. The fourth-order valence-corrected chi connectivity index (χ4v) is 3.78. The number of halogens is 3. The predicted molar refractivity (Wildman–Crippen MR) is 91.9 cm³/mol. The van der Waals surface area contributed by atoms with Gasteiger partial charge in [-0.05, 0) is 31.0 Å². The number of fused-ring (bicyclic) bond motifs is 1. The summed E-state index contributed by atoms with van der Waals surface area (Å²) in [7, 11) is -3.16. The Hall–Kier alpha value is -1.63. The molecule has 3 atom stereocenters. The van der Waals surface area contributed by atoms with Crippen LogP contribution < -0.4 is 4.72 Å². The zero-order valence-corrected chi connectivity index (χ0v) is 16.0. The van der Waals surface area contributed by atoms with Crippen molar-refractivity contribution in [2.24, 2.45) is 11.8 Å². The van der Waals surface area contributed by atoms with E-state index in [0.717, 1.165) is 38.4 Å². The fraction of sp³-hybridized carbons (Fsp3) is 0.688. The molecule has 0 aliphatic carbocycles. The van der Waals surface area contributed by atoms with Crippen molar-refractivity contribution in [2.75, 3.05) is 32.5 Å². The molecule has 0 saturated carbocycles. The number of sulfonamides is 1. The number of carboxylic acid groups (broad SMARTS) is 1. The molecular weight excluding hydrogens is 405 g/mol. The van der Waals surface area contributed by atoms with Crippen LogP contribution in [0, 0.1) is 11.8 Å². The van der Waals surface area contributed by atoms with Crippen LogP contribution >= 0.6 is 0 Å². The zero-order chi connectivity index (χ0) is 20.9. The smallest absolute Gasteiger partial charge is 0.475 e. The van der Waals surface area contributed by atoms with Gasteiger partial charge in [-0.2, -0.15) is 13.2 Å². The van der Waals surface area contributed by atoms with E-state index in [0.29, 0.717) is 18.4 Å². The minimum atomic E-state index is -5.08. The third-order valence-electron chi connectivity index (χ3n) is 4.64. The summed E-state index contributed by atoms with van der Waals surface area (Å²) in [5.41, 5.74) is 0. The highest BCUT2D eigenvalue weighted by molar-refractivity contribution is 7.88. The Morgan fingerprint density at radius 2 is 2.11 bits per heavy atom. The van der Waals surface area contributed by atoms with Crippen LogP contribution in [0.25, 0.3) is 0 Å². The van der Waals surface area contributed by atoms with Gasteiger partial charge < -0.3 is 14.3 Å². The number of carbonyl (C=O) groups is 1. The topological polar surface area (TPSA) is 109 Å². The lowest BCUT2D eigenvalue weighted by atomic mass is 9.84. The summed E-state index contributed by atoms with van der Waals surface area (Å²) in [5, 5.41) is 7.12. The molecule has 8 nitrogen and oxygen atoms in total. The molecule has 3 rings (SSSR count). The molecule has 160 valence electrons. The number of ether oxygens (including phenoxy) is 1. The van der Waals surface area contributed by atoms with Gasteiger partial charge in [0, 0.05) is 19.0 Å². The van der Waals surface area contributed by atoms with Crippen molar-refractivity contribution in [3.8, 4) is 0 Å². The van der Waals surface area contributed by atoms with Crippen molar-refractivity contribution in [3.63, 3.8) is 0 Å². The molecule has 2 fully saturated rings. The van der Waals surface area contributed by atoms with Gasteiger partial charge >= 0.3 is 12.1 Å². The first-order valence-electron chi connectivity index (χ1n) is 8.57. The lowest BCUT2D eigenvalue weighted by Crippen LogP contribution is -2.44. The largest absolute Gasteiger partial charge is 0.490 e. The number of carboxylic acids is 1. The summed E-state index contributed by atoms with van der Waals surface area (Å²) in [4.78, 5) is 11.3. The van der Waals surface area contributed by atoms with Gasteiger partial charge in [-0.1, -0.05) is 0 Å². The molecule has 0 unspecified atom stereocenters. The maximum Gasteiger partial charge on any atom is 0.490 e. The third-order valence-corrected chi connectivity index (χ3v) is 5.33. The molecule has 12 heteroatoms. The summed E-state index contributed by atoms with van der Waals surface area (Å²) >= 11 is 0. The van der Waals surface area contributed by atoms with E-state index in [1.165, 1.54) is 6.26 Å². The predicted octanol–water partition coefficient (Wildman–Crippen LogP) is 1.30. The van der Waals surface area contributed by atoms with Gasteiger partial charge in [0.2, 0.25) is 10.0 Å². The van der Waals surface area contributed by atoms with Crippen LogP contribution in [0.3, 0.4) is 0 Å². The average molecular weight is 428 g/mol. The van der Waals surface area contributed by atoms with Gasteiger partial charge in [-0.3, -0.25) is 4.90 Å². The molecule has 2 saturated heterocycles. The van der Waals surface area contributed by atoms with Crippen LogP contribution in [-0.4, -0.2) is 69.2 Å². The standard InChI is InChI=1S/C14H22N2O4S.C2HF3O2/c1-21(17,18)15-7-14-13-9-16(5-4-11(13)10-20-14)8-12-3-2-6-19-12;3-2(4,5)1(6)7/h2-3,6,11,13-15H,4-5,7-10H2,1H3;(H,6,7)/t11-,13-,14+;/m0./s1. The normalized spacial score (nSPS) is 25.6. The van der Waals surface area contributed by atoms with Gasteiger partial charge in [-0.15, -0.1) is 0 Å². The summed E-state index contributed by atoms with van der Waals surface area (Å²) in [6.45, 7) is 3.89. The molecule has 28 heavy (non-hydrogen) atoms. The highest BCUT2D eigenvalue weighted by Crippen LogP contribution is 2.34. The van der Waals surface area contributed by atoms with Crippen LogP contribution in [0.1, 0.15) is 12.2 Å². The SMILES string of the molecule is CS(=O)(=O)NC[C@H]1OC[C@@H]2CCN(Cc3ccco3)C[C@@H]21.O=C(O)C(F)(F)F. The van der Waals surface area contributed by atoms with Crippen LogP contribution in [-0.2, 0) is 26.1 Å². The number of alkyl halides is 3. The monoisotopic (exact) mass is 428 g/mol. The van der Waals surface area contributed by atoms with Crippen LogP contribution in [0.15, 0.2) is 22.8 Å². The number of furan rings is 1. The second kappa shape index (κ2) is 9.25. The van der Waals surface area contributed by atoms with Gasteiger partial charge in [0.15, 0.2) is 0 Å². The first kappa shape index (κ1) is 22.7. The number of likely N-dealkylation sites (tertiary alicyclic amines) is 1. The molecule has 2 aliphatic rings. The first-order chi connectivity index (χ1) is 13.0. The Balaban J connectivity index is 0.000000345. The summed E-state index contributed by atoms with van der Waals surface area (Å²) in [5.74, 6) is -0.849. The van der Waals surface area contributed by atoms with Crippen molar-refractivity contribution in [1.29, 1.82) is 0 Å². The molecule has 2 aliphatic heterocycles. The van der Waals surface area contributed by atoms with E-state index in [-0.39, 0.29) is 6.10 Å². The van der Waals surface area contributed by atoms with Crippen molar-refractivity contribution < 1.29 is 40.6 Å². The molecule has 0 radical (unpaired) electrons. The summed E-state index contributed by atoms with van der Waals surface area (Å²) in [6, 6.07) is 3.89. The van der Waals surface area contributed by atoms with Crippen molar-refractivity contribution in [3.05, 3.63) is 24.2 Å². The molecule has 3 heterocycles. The minimum Gasteiger partial charge on any atom is -0.475 e. The lowest BCUT2D eigenvalue weighted by molar-refractivity contribution is -0.192. The van der Waals surface area contributed by atoms with Crippen LogP contribution in [0.5, 0.6) is 0 Å². The van der Waals surface area contributed by atoms with Gasteiger partial charge in [-0.25, -0.2) is 17.9 Å². The van der Waals surface area contributed by atoms with E-state index in [4.69, 9.17) is 19.1 Å². The molecule has 0 spiro atoms. The number of piperidine rings is 1. The highest BCUT2D eigenvalue weighted by atomic mass is 32.2. The van der Waals surface area contributed by atoms with E-state index in [1.54, 1.807) is 6.26 Å². The quantitative estimate of drug-likeness (QED) is 0.728. The second-order valence-corrected chi connectivity index (χ2v) is 8.66. The van der Waals surface area contributed by atoms with Crippen molar-refractivity contribution >= 4 is 16.0 Å². The van der Waals surface area contributed by atoms with E-state index >= 15 is 0 Å². The van der Waals surface area contributed by atoms with Gasteiger partial charge in [0.25, 0.3) is 0 Å². The van der Waals surface area contributed by atoms with Gasteiger partial charge in [0.1, 0.15) is 5.76 Å². The number of nitrogens with one attached hydrogen (secondary N) is 1. The lowest BCUT2D eigenvalue weighted by Gasteiger charge is -2.35. The molecule has 0 bridgehead atoms. The molecule has 1 aromatic heterocycles. The first-order valence-corrected chi connectivity index (χ1v) is 10.5. The van der Waals surface area contributed by atoms with Crippen LogP contribution in [0.2, 0.25) is 0 Å². The third kappa shape index (κ3) is 7.08. The maximum atomic E-state index is 11.2. The molecular formula is C16H23F3N2O6S. The van der Waals surface area contributed by atoms with E-state index in [1.807, 2.05) is 12.1 Å². The van der Waals surface area contributed by atoms with Gasteiger partial charge in [0.05, 0.1) is 31.8 Å². The molecule has 1 aromatic rings. The van der Waals surface area contributed by atoms with Crippen molar-refractivity contribution in [1.82, 2.24) is 9.62 Å². The Kier molecular flexibility index (Phi) is 7.48. The second-order valence-electron chi connectivity index (χ2n) is 6.82.